The topological polar surface area (TPSA) is 114 Å². The number of nitro groups is 1. The minimum absolute atomic E-state index is 0.0185. The van der Waals surface area contributed by atoms with Crippen molar-refractivity contribution in [3.05, 3.63) is 57.6 Å². The van der Waals surface area contributed by atoms with E-state index < -0.39 is 17.2 Å². The van der Waals surface area contributed by atoms with Crippen molar-refractivity contribution >= 4 is 29.0 Å². The number of hydrogen-bond donors (Lipinski definition) is 3. The van der Waals surface area contributed by atoms with Crippen LogP contribution in [0.2, 0.25) is 5.02 Å². The predicted molar refractivity (Wildman–Crippen MR) is 88.5 cm³/mol. The average Bonchev–Trinajstić information content (AvgIpc) is 2.51. The summed E-state index contributed by atoms with van der Waals surface area (Å²) in [5.74, 6) is 0.563. The number of carbonyl (C=O) groups excluding carboxylic acids is 1. The van der Waals surface area contributed by atoms with E-state index in [9.17, 15) is 20.0 Å². The molecule has 1 atom stereocenters. The molecule has 2 aromatic carbocycles. The highest BCUT2D eigenvalue weighted by Crippen LogP contribution is 2.27. The van der Waals surface area contributed by atoms with Crippen molar-refractivity contribution in [1.82, 2.24) is 5.32 Å². The van der Waals surface area contributed by atoms with Gasteiger partial charge in [0.15, 0.2) is 6.23 Å². The van der Waals surface area contributed by atoms with Crippen molar-refractivity contribution in [2.24, 2.45) is 0 Å². The normalized spacial score (nSPS) is 11.4. The Morgan fingerprint density at radius 3 is 2.58 bits per heavy atom. The molecule has 3 N–H and O–H groups in total. The summed E-state index contributed by atoms with van der Waals surface area (Å²) in [6, 6.07) is 9.34. The van der Waals surface area contributed by atoms with Gasteiger partial charge in [0.1, 0.15) is 16.5 Å². The van der Waals surface area contributed by atoms with Crippen LogP contribution in [0.5, 0.6) is 11.5 Å². The second kappa shape index (κ2) is 7.51. The number of phenolic OH excluding ortho intramolecular Hbond substituents is 1. The molecule has 1 unspecified atom stereocenters. The smallest absolute Gasteiger partial charge is 0.322 e. The summed E-state index contributed by atoms with van der Waals surface area (Å²) in [6.45, 7) is 1.61. The molecule has 0 saturated heterocycles. The number of urea groups is 1. The maximum atomic E-state index is 11.9. The van der Waals surface area contributed by atoms with Gasteiger partial charge in [0.05, 0.1) is 4.92 Å². The number of phenols is 1. The highest BCUT2D eigenvalue weighted by atomic mass is 35.5. The summed E-state index contributed by atoms with van der Waals surface area (Å²) >= 11 is 5.71. The summed E-state index contributed by atoms with van der Waals surface area (Å²) in [5.41, 5.74) is -0.0803. The lowest BCUT2D eigenvalue weighted by atomic mass is 10.3. The summed E-state index contributed by atoms with van der Waals surface area (Å²) in [4.78, 5) is 22.1. The van der Waals surface area contributed by atoms with E-state index in [1.165, 1.54) is 24.3 Å². The van der Waals surface area contributed by atoms with Crippen molar-refractivity contribution < 1.29 is 19.6 Å². The second-order valence-corrected chi connectivity index (χ2v) is 5.18. The van der Waals surface area contributed by atoms with E-state index in [1.54, 1.807) is 19.1 Å². The Bertz CT molecular complexity index is 751. The van der Waals surface area contributed by atoms with Crippen molar-refractivity contribution in [2.75, 3.05) is 5.32 Å². The Labute approximate surface area is 142 Å². The number of carbonyl (C=O) groups is 1. The molecule has 0 aliphatic rings. The van der Waals surface area contributed by atoms with E-state index in [-0.39, 0.29) is 22.1 Å². The van der Waals surface area contributed by atoms with Gasteiger partial charge in [0.2, 0.25) is 0 Å². The quantitative estimate of drug-likeness (QED) is 0.433. The van der Waals surface area contributed by atoms with Gasteiger partial charge >= 0.3 is 6.03 Å². The van der Waals surface area contributed by atoms with Crippen LogP contribution in [0.15, 0.2) is 42.5 Å². The first kappa shape index (κ1) is 17.4. The fourth-order valence-electron chi connectivity index (χ4n) is 1.84. The third-order valence-electron chi connectivity index (χ3n) is 2.88. The molecule has 0 heterocycles. The standard InChI is InChI=1S/C15H14ClN3O5/c1-9(24-12-5-3-11(20)4-6-12)17-15(21)18-10-2-7-13(16)14(8-10)19(22)23/h2-9,20H,1H3,(H2,17,18,21). The Hall–Kier alpha value is -3.00. The van der Waals surface area contributed by atoms with Crippen LogP contribution >= 0.6 is 11.6 Å². The highest BCUT2D eigenvalue weighted by Gasteiger charge is 2.15. The number of rotatable bonds is 5. The van der Waals surface area contributed by atoms with Crippen molar-refractivity contribution in [2.45, 2.75) is 13.2 Å². The van der Waals surface area contributed by atoms with Crippen molar-refractivity contribution in [1.29, 1.82) is 0 Å². The molecular weight excluding hydrogens is 338 g/mol. The van der Waals surface area contributed by atoms with Crippen LogP contribution in [0.3, 0.4) is 0 Å². The molecule has 2 amide bonds. The first-order valence-corrected chi connectivity index (χ1v) is 7.20. The molecule has 8 nitrogen and oxygen atoms in total. The lowest BCUT2D eigenvalue weighted by molar-refractivity contribution is -0.384. The van der Waals surface area contributed by atoms with Gasteiger partial charge in [0, 0.05) is 11.8 Å². The van der Waals surface area contributed by atoms with Gasteiger partial charge in [-0.2, -0.15) is 0 Å². The summed E-state index contributed by atoms with van der Waals surface area (Å²) in [7, 11) is 0. The van der Waals surface area contributed by atoms with E-state index in [0.29, 0.717) is 5.75 Å². The number of anilines is 1. The molecule has 2 rings (SSSR count). The van der Waals surface area contributed by atoms with Gasteiger partial charge in [-0.05, 0) is 43.3 Å². The van der Waals surface area contributed by atoms with Gasteiger partial charge in [-0.25, -0.2) is 4.79 Å². The number of nitro benzene ring substituents is 1. The fraction of sp³-hybridized carbons (Fsp3) is 0.133. The predicted octanol–water partition coefficient (Wildman–Crippen LogP) is 3.50. The zero-order valence-electron chi connectivity index (χ0n) is 12.5. The van der Waals surface area contributed by atoms with Crippen LogP contribution in [0.1, 0.15) is 6.92 Å². The van der Waals surface area contributed by atoms with E-state index in [1.807, 2.05) is 0 Å². The number of nitrogens with one attached hydrogen (secondary N) is 2. The van der Waals surface area contributed by atoms with Crippen LogP contribution in [0.25, 0.3) is 0 Å². The van der Waals surface area contributed by atoms with Crippen LogP contribution in [-0.4, -0.2) is 22.3 Å². The molecule has 2 aromatic rings. The van der Waals surface area contributed by atoms with Gasteiger partial charge in [-0.15, -0.1) is 0 Å². The molecule has 0 fully saturated rings. The molecule has 0 saturated carbocycles. The maximum Gasteiger partial charge on any atom is 0.322 e. The fourth-order valence-corrected chi connectivity index (χ4v) is 2.03. The maximum absolute atomic E-state index is 11.9. The zero-order valence-corrected chi connectivity index (χ0v) is 13.3. The lowest BCUT2D eigenvalue weighted by Crippen LogP contribution is -2.39. The molecule has 0 aromatic heterocycles. The number of hydrogen-bond acceptors (Lipinski definition) is 5. The molecule has 0 spiro atoms. The van der Waals surface area contributed by atoms with Crippen LogP contribution in [0.4, 0.5) is 16.2 Å². The van der Waals surface area contributed by atoms with E-state index in [4.69, 9.17) is 16.3 Å². The number of ether oxygens (including phenoxy) is 1. The largest absolute Gasteiger partial charge is 0.508 e. The average molecular weight is 352 g/mol. The zero-order chi connectivity index (χ0) is 17.7. The number of aromatic hydroxyl groups is 1. The summed E-state index contributed by atoms with van der Waals surface area (Å²) in [5, 5.41) is 25.0. The lowest BCUT2D eigenvalue weighted by Gasteiger charge is -2.16. The molecule has 24 heavy (non-hydrogen) atoms. The van der Waals surface area contributed by atoms with E-state index >= 15 is 0 Å². The summed E-state index contributed by atoms with van der Waals surface area (Å²) in [6.07, 6.45) is -0.670. The molecule has 9 heteroatoms. The Morgan fingerprint density at radius 1 is 1.29 bits per heavy atom. The summed E-state index contributed by atoms with van der Waals surface area (Å²) < 4.78 is 5.45. The Kier molecular flexibility index (Phi) is 5.43. The number of nitrogens with zero attached hydrogens (tertiary/aromatic N) is 1. The van der Waals surface area contributed by atoms with Gasteiger partial charge in [-0.1, -0.05) is 11.6 Å². The molecule has 126 valence electrons. The minimum Gasteiger partial charge on any atom is -0.508 e. The van der Waals surface area contributed by atoms with Crippen LogP contribution in [0, 0.1) is 10.1 Å². The molecule has 0 aliphatic carbocycles. The SMILES string of the molecule is CC(NC(=O)Nc1ccc(Cl)c([N+](=O)[O-])c1)Oc1ccc(O)cc1. The van der Waals surface area contributed by atoms with E-state index in [2.05, 4.69) is 10.6 Å². The van der Waals surface area contributed by atoms with Crippen LogP contribution < -0.4 is 15.4 Å². The van der Waals surface area contributed by atoms with Gasteiger partial charge in [0.25, 0.3) is 5.69 Å². The molecular formula is C15H14ClN3O5. The van der Waals surface area contributed by atoms with Crippen LogP contribution in [-0.2, 0) is 0 Å². The molecule has 0 bridgehead atoms. The number of benzene rings is 2. The van der Waals surface area contributed by atoms with E-state index in [0.717, 1.165) is 6.07 Å². The second-order valence-electron chi connectivity index (χ2n) is 4.78. The Balaban J connectivity index is 1.94. The number of amides is 2. The monoisotopic (exact) mass is 351 g/mol. The Morgan fingerprint density at radius 2 is 1.96 bits per heavy atom. The van der Waals surface area contributed by atoms with Crippen molar-refractivity contribution in [3.8, 4) is 11.5 Å². The van der Waals surface area contributed by atoms with Gasteiger partial charge < -0.3 is 20.5 Å². The van der Waals surface area contributed by atoms with Gasteiger partial charge in [-0.3, -0.25) is 10.1 Å². The third-order valence-corrected chi connectivity index (χ3v) is 3.20. The highest BCUT2D eigenvalue weighted by molar-refractivity contribution is 6.32. The minimum atomic E-state index is -0.670. The van der Waals surface area contributed by atoms with Crippen molar-refractivity contribution in [3.63, 3.8) is 0 Å². The first-order valence-electron chi connectivity index (χ1n) is 6.82. The first-order chi connectivity index (χ1) is 11.3. The molecule has 0 aliphatic heterocycles. The molecule has 0 radical (unpaired) electrons. The number of halogens is 1. The third kappa shape index (κ3) is 4.75.